The molecule has 0 radical (unpaired) electrons. The average Bonchev–Trinajstić information content (AvgIpc) is 2.85. The Labute approximate surface area is 204 Å². The van der Waals surface area contributed by atoms with Gasteiger partial charge in [-0.05, 0) is 48.7 Å². The van der Waals surface area contributed by atoms with Crippen molar-refractivity contribution in [2.45, 2.75) is 51.0 Å². The van der Waals surface area contributed by atoms with Crippen LogP contribution in [0, 0.1) is 0 Å². The first kappa shape index (κ1) is 24.5. The molecular formula is C26H31N3O6. The molecule has 0 unspecified atom stereocenters. The number of hydrogen-bond donors (Lipinski definition) is 2. The van der Waals surface area contributed by atoms with Crippen molar-refractivity contribution < 1.29 is 28.6 Å². The lowest BCUT2D eigenvalue weighted by Gasteiger charge is -2.42. The molecule has 9 nitrogen and oxygen atoms in total. The van der Waals surface area contributed by atoms with E-state index in [4.69, 9.17) is 14.2 Å². The predicted molar refractivity (Wildman–Crippen MR) is 129 cm³/mol. The van der Waals surface area contributed by atoms with Crippen LogP contribution in [0.1, 0.15) is 42.1 Å². The number of nitrogens with zero attached hydrogens (tertiary/aromatic N) is 1. The summed E-state index contributed by atoms with van der Waals surface area (Å²) >= 11 is 0. The van der Waals surface area contributed by atoms with Gasteiger partial charge in [-0.3, -0.25) is 14.4 Å². The standard InChI is InChI=1S/C26H31N3O6/c1-16(30)28-18-6-11-23-21(12-18)26(32)29(2)22-10-9-20(35-24(22)15-34-23)13-25(31)27-14-17-4-7-19(33-3)8-5-17/h4-8,11-12,20,22,24H,9-10,13-15H2,1-3H3,(H,27,31)(H,28,30)/t20-,22+,24-/m1/s1. The molecule has 1 fully saturated rings. The SMILES string of the molecule is COc1ccc(CNC(=O)C[C@H]2CC[C@H]3[C@@H](COc4ccc(NC(C)=O)cc4C(=O)N3C)O2)cc1. The number of anilines is 1. The van der Waals surface area contributed by atoms with Crippen LogP contribution in [0.2, 0.25) is 0 Å². The Kier molecular flexibility index (Phi) is 7.55. The summed E-state index contributed by atoms with van der Waals surface area (Å²) in [6.45, 7) is 2.11. The van der Waals surface area contributed by atoms with E-state index in [9.17, 15) is 14.4 Å². The van der Waals surface area contributed by atoms with Crippen molar-refractivity contribution in [3.05, 3.63) is 53.6 Å². The van der Waals surface area contributed by atoms with E-state index in [1.807, 2.05) is 24.3 Å². The molecule has 2 aromatic rings. The molecule has 9 heteroatoms. The van der Waals surface area contributed by atoms with Gasteiger partial charge < -0.3 is 29.7 Å². The Hall–Kier alpha value is -3.59. The molecule has 2 heterocycles. The molecule has 4 rings (SSSR count). The largest absolute Gasteiger partial charge is 0.497 e. The molecule has 2 aromatic carbocycles. The normalized spacial score (nSPS) is 21.5. The van der Waals surface area contributed by atoms with E-state index < -0.39 is 0 Å². The number of carbonyl (C=O) groups is 3. The minimum atomic E-state index is -0.347. The summed E-state index contributed by atoms with van der Waals surface area (Å²) in [5, 5.41) is 5.64. The molecular weight excluding hydrogens is 450 g/mol. The molecule has 2 aliphatic rings. The zero-order chi connectivity index (χ0) is 24.9. The first-order chi connectivity index (χ1) is 16.8. The predicted octanol–water partition coefficient (Wildman–Crippen LogP) is 2.74. The van der Waals surface area contributed by atoms with Gasteiger partial charge in [0.1, 0.15) is 24.2 Å². The monoisotopic (exact) mass is 481 g/mol. The van der Waals surface area contributed by atoms with Crippen molar-refractivity contribution in [2.75, 3.05) is 26.1 Å². The lowest BCUT2D eigenvalue weighted by atomic mass is 9.94. The number of rotatable bonds is 6. The molecule has 0 aromatic heterocycles. The van der Waals surface area contributed by atoms with Gasteiger partial charge in [-0.2, -0.15) is 0 Å². The van der Waals surface area contributed by atoms with Crippen LogP contribution in [-0.4, -0.2) is 61.6 Å². The number of benzene rings is 2. The average molecular weight is 482 g/mol. The van der Waals surface area contributed by atoms with Crippen molar-refractivity contribution in [3.8, 4) is 11.5 Å². The number of methoxy groups -OCH3 is 1. The molecule has 2 aliphatic heterocycles. The summed E-state index contributed by atoms with van der Waals surface area (Å²) in [5.74, 6) is 0.720. The summed E-state index contributed by atoms with van der Waals surface area (Å²) in [5.41, 5.74) is 1.93. The van der Waals surface area contributed by atoms with Crippen molar-refractivity contribution in [1.82, 2.24) is 10.2 Å². The van der Waals surface area contributed by atoms with Crippen LogP contribution in [0.15, 0.2) is 42.5 Å². The van der Waals surface area contributed by atoms with Gasteiger partial charge in [-0.25, -0.2) is 0 Å². The second kappa shape index (κ2) is 10.8. The number of carbonyl (C=O) groups excluding carboxylic acids is 3. The Morgan fingerprint density at radius 2 is 1.91 bits per heavy atom. The molecule has 0 aliphatic carbocycles. The first-order valence-corrected chi connectivity index (χ1v) is 11.7. The summed E-state index contributed by atoms with van der Waals surface area (Å²) in [4.78, 5) is 38.8. The fourth-order valence-corrected chi connectivity index (χ4v) is 4.53. The smallest absolute Gasteiger partial charge is 0.257 e. The van der Waals surface area contributed by atoms with Crippen molar-refractivity contribution in [1.29, 1.82) is 0 Å². The van der Waals surface area contributed by atoms with Gasteiger partial charge in [-0.15, -0.1) is 0 Å². The number of likely N-dealkylation sites (N-methyl/N-ethyl adjacent to an activating group) is 1. The highest BCUT2D eigenvalue weighted by molar-refractivity contribution is 5.99. The first-order valence-electron chi connectivity index (χ1n) is 11.7. The molecule has 2 N–H and O–H groups in total. The van der Waals surface area contributed by atoms with E-state index in [-0.39, 0.29) is 49.0 Å². The highest BCUT2D eigenvalue weighted by atomic mass is 16.5. The third kappa shape index (κ3) is 5.92. The summed E-state index contributed by atoms with van der Waals surface area (Å²) in [6, 6.07) is 12.4. The van der Waals surface area contributed by atoms with Crippen LogP contribution in [0.3, 0.4) is 0 Å². The number of fused-ring (bicyclic) bond motifs is 2. The quantitative estimate of drug-likeness (QED) is 0.657. The van der Waals surface area contributed by atoms with Crippen LogP contribution < -0.4 is 20.1 Å². The van der Waals surface area contributed by atoms with Gasteiger partial charge in [0, 0.05) is 26.2 Å². The van der Waals surface area contributed by atoms with Crippen molar-refractivity contribution >= 4 is 23.4 Å². The molecule has 3 amide bonds. The number of nitrogens with one attached hydrogen (secondary N) is 2. The molecule has 3 atom stereocenters. The zero-order valence-corrected chi connectivity index (χ0v) is 20.2. The van der Waals surface area contributed by atoms with Crippen LogP contribution >= 0.6 is 0 Å². The van der Waals surface area contributed by atoms with Gasteiger partial charge in [0.05, 0.1) is 31.2 Å². The van der Waals surface area contributed by atoms with Crippen LogP contribution in [0.5, 0.6) is 11.5 Å². The van der Waals surface area contributed by atoms with Gasteiger partial charge in [0.15, 0.2) is 0 Å². The fourth-order valence-electron chi connectivity index (χ4n) is 4.53. The van der Waals surface area contributed by atoms with E-state index >= 15 is 0 Å². The number of ether oxygens (including phenoxy) is 3. The molecule has 35 heavy (non-hydrogen) atoms. The van der Waals surface area contributed by atoms with E-state index in [2.05, 4.69) is 10.6 Å². The van der Waals surface area contributed by atoms with E-state index in [0.717, 1.165) is 11.3 Å². The minimum absolute atomic E-state index is 0.0868. The summed E-state index contributed by atoms with van der Waals surface area (Å²) in [7, 11) is 3.37. The van der Waals surface area contributed by atoms with Crippen LogP contribution in [0.4, 0.5) is 5.69 Å². The summed E-state index contributed by atoms with van der Waals surface area (Å²) in [6.07, 6.45) is 1.01. The van der Waals surface area contributed by atoms with E-state index in [0.29, 0.717) is 36.4 Å². The highest BCUT2D eigenvalue weighted by Gasteiger charge is 2.39. The number of amides is 3. The van der Waals surface area contributed by atoms with E-state index in [1.165, 1.54) is 6.92 Å². The highest BCUT2D eigenvalue weighted by Crippen LogP contribution is 2.32. The topological polar surface area (TPSA) is 106 Å². The lowest BCUT2D eigenvalue weighted by molar-refractivity contribution is -0.134. The van der Waals surface area contributed by atoms with Crippen LogP contribution in [-0.2, 0) is 20.9 Å². The second-order valence-electron chi connectivity index (χ2n) is 8.89. The zero-order valence-electron chi connectivity index (χ0n) is 20.2. The van der Waals surface area contributed by atoms with Crippen molar-refractivity contribution in [3.63, 3.8) is 0 Å². The third-order valence-electron chi connectivity index (χ3n) is 6.39. The maximum absolute atomic E-state index is 13.2. The summed E-state index contributed by atoms with van der Waals surface area (Å²) < 4.78 is 17.3. The molecule has 186 valence electrons. The molecule has 0 saturated carbocycles. The Balaban J connectivity index is 1.36. The van der Waals surface area contributed by atoms with Crippen LogP contribution in [0.25, 0.3) is 0 Å². The lowest BCUT2D eigenvalue weighted by Crippen LogP contribution is -2.53. The minimum Gasteiger partial charge on any atom is -0.497 e. The Morgan fingerprint density at radius 3 is 2.63 bits per heavy atom. The third-order valence-corrected chi connectivity index (χ3v) is 6.39. The number of hydrogen-bond acceptors (Lipinski definition) is 6. The molecule has 0 bridgehead atoms. The molecule has 1 saturated heterocycles. The van der Waals surface area contributed by atoms with Crippen molar-refractivity contribution in [2.24, 2.45) is 0 Å². The maximum Gasteiger partial charge on any atom is 0.257 e. The van der Waals surface area contributed by atoms with E-state index in [1.54, 1.807) is 37.3 Å². The van der Waals surface area contributed by atoms with Gasteiger partial charge in [-0.1, -0.05) is 12.1 Å². The molecule has 0 spiro atoms. The van der Waals surface area contributed by atoms with Gasteiger partial charge in [0.2, 0.25) is 11.8 Å². The maximum atomic E-state index is 13.2. The van der Waals surface area contributed by atoms with Gasteiger partial charge >= 0.3 is 0 Å². The Morgan fingerprint density at radius 1 is 1.14 bits per heavy atom. The van der Waals surface area contributed by atoms with Gasteiger partial charge in [0.25, 0.3) is 5.91 Å². The second-order valence-corrected chi connectivity index (χ2v) is 8.89. The fraction of sp³-hybridized carbons (Fsp3) is 0.423. The Bertz CT molecular complexity index is 1090.